The fourth-order valence-electron chi connectivity index (χ4n) is 1.83. The van der Waals surface area contributed by atoms with Crippen LogP contribution in [0.1, 0.15) is 33.1 Å². The van der Waals surface area contributed by atoms with Gasteiger partial charge in [0.05, 0.1) is 12.8 Å². The molecule has 0 aliphatic carbocycles. The lowest BCUT2D eigenvalue weighted by Crippen LogP contribution is -2.38. The highest BCUT2D eigenvalue weighted by molar-refractivity contribution is 9.10. The topological polar surface area (TPSA) is 50.4 Å². The summed E-state index contributed by atoms with van der Waals surface area (Å²) in [6.45, 7) is 4.72. The third-order valence-corrected chi connectivity index (χ3v) is 3.50. The first-order valence-electron chi connectivity index (χ1n) is 6.96. The number of amides is 1. The number of hydrogen-bond acceptors (Lipinski definition) is 3. The first-order valence-corrected chi connectivity index (χ1v) is 7.75. The van der Waals surface area contributed by atoms with E-state index in [1.54, 1.807) is 7.11 Å². The first kappa shape index (κ1) is 16.8. The molecule has 0 bridgehead atoms. The number of carbonyl (C=O) groups is 1. The second-order valence-corrected chi connectivity index (χ2v) is 5.62. The summed E-state index contributed by atoms with van der Waals surface area (Å²) in [5.74, 6) is 0.724. The zero-order valence-electron chi connectivity index (χ0n) is 12.3. The Morgan fingerprint density at radius 3 is 2.80 bits per heavy atom. The second-order valence-electron chi connectivity index (χ2n) is 4.71. The van der Waals surface area contributed by atoms with Crippen LogP contribution < -0.4 is 15.4 Å². The molecule has 1 aromatic rings. The van der Waals surface area contributed by atoms with E-state index >= 15 is 0 Å². The van der Waals surface area contributed by atoms with Crippen molar-refractivity contribution in [2.45, 2.75) is 39.2 Å². The van der Waals surface area contributed by atoms with Gasteiger partial charge >= 0.3 is 0 Å². The third kappa shape index (κ3) is 5.41. The van der Waals surface area contributed by atoms with Crippen LogP contribution in [0.25, 0.3) is 0 Å². The highest BCUT2D eigenvalue weighted by Gasteiger charge is 2.14. The van der Waals surface area contributed by atoms with Crippen molar-refractivity contribution in [1.82, 2.24) is 5.32 Å². The number of unbranched alkanes of at least 4 members (excludes halogenated alkanes) is 2. The van der Waals surface area contributed by atoms with Crippen molar-refractivity contribution in [2.24, 2.45) is 0 Å². The Kier molecular flexibility index (Phi) is 7.44. The lowest BCUT2D eigenvalue weighted by atomic mass is 10.2. The van der Waals surface area contributed by atoms with Crippen LogP contribution in [-0.4, -0.2) is 25.6 Å². The minimum atomic E-state index is -0.306. The van der Waals surface area contributed by atoms with Crippen molar-refractivity contribution >= 4 is 27.5 Å². The molecule has 1 aromatic carbocycles. The Labute approximate surface area is 129 Å². The van der Waals surface area contributed by atoms with Crippen LogP contribution in [-0.2, 0) is 4.79 Å². The summed E-state index contributed by atoms with van der Waals surface area (Å²) in [7, 11) is 1.61. The van der Waals surface area contributed by atoms with Crippen LogP contribution in [0.5, 0.6) is 5.75 Å². The van der Waals surface area contributed by atoms with Gasteiger partial charge in [-0.05, 0) is 31.5 Å². The molecule has 2 N–H and O–H groups in total. The van der Waals surface area contributed by atoms with Crippen molar-refractivity contribution in [1.29, 1.82) is 0 Å². The smallest absolute Gasteiger partial charge is 0.242 e. The zero-order chi connectivity index (χ0) is 15.0. The van der Waals surface area contributed by atoms with Crippen LogP contribution in [0.4, 0.5) is 5.69 Å². The van der Waals surface area contributed by atoms with Gasteiger partial charge in [0.15, 0.2) is 0 Å². The Bertz CT molecular complexity index is 438. The summed E-state index contributed by atoms with van der Waals surface area (Å²) in [6.07, 6.45) is 3.32. The van der Waals surface area contributed by atoms with E-state index in [0.29, 0.717) is 0 Å². The Morgan fingerprint density at radius 2 is 2.15 bits per heavy atom. The molecule has 20 heavy (non-hydrogen) atoms. The lowest BCUT2D eigenvalue weighted by molar-refractivity contribution is -0.121. The molecule has 0 radical (unpaired) electrons. The average molecular weight is 343 g/mol. The summed E-state index contributed by atoms with van der Waals surface area (Å²) in [5.41, 5.74) is 0.804. The van der Waals surface area contributed by atoms with Crippen molar-refractivity contribution in [3.63, 3.8) is 0 Å². The molecular weight excluding hydrogens is 320 g/mol. The van der Waals surface area contributed by atoms with Crippen LogP contribution >= 0.6 is 15.9 Å². The van der Waals surface area contributed by atoms with Crippen LogP contribution in [0.3, 0.4) is 0 Å². The molecule has 1 rings (SSSR count). The summed E-state index contributed by atoms with van der Waals surface area (Å²) in [6, 6.07) is 5.36. The fourth-order valence-corrected chi connectivity index (χ4v) is 2.19. The number of hydrogen-bond donors (Lipinski definition) is 2. The van der Waals surface area contributed by atoms with Crippen LogP contribution in [0.2, 0.25) is 0 Å². The van der Waals surface area contributed by atoms with Gasteiger partial charge in [-0.25, -0.2) is 0 Å². The van der Waals surface area contributed by atoms with Crippen molar-refractivity contribution in [3.05, 3.63) is 22.7 Å². The number of methoxy groups -OCH3 is 1. The van der Waals surface area contributed by atoms with Gasteiger partial charge in [-0.15, -0.1) is 0 Å². The number of benzene rings is 1. The normalized spacial score (nSPS) is 11.8. The molecule has 0 fully saturated rings. The highest BCUT2D eigenvalue weighted by Crippen LogP contribution is 2.28. The number of halogens is 1. The molecule has 4 nitrogen and oxygen atoms in total. The molecule has 0 spiro atoms. The predicted molar refractivity (Wildman–Crippen MR) is 86.3 cm³/mol. The van der Waals surface area contributed by atoms with Crippen LogP contribution in [0, 0.1) is 0 Å². The standard InChI is InChI=1S/C15H23BrN2O2/c1-4-5-6-9-17-15(19)11(2)18-13-10-12(16)7-8-14(13)20-3/h7-8,10-11,18H,4-6,9H2,1-3H3,(H,17,19). The maximum absolute atomic E-state index is 12.0. The van der Waals surface area contributed by atoms with E-state index in [2.05, 4.69) is 33.5 Å². The minimum Gasteiger partial charge on any atom is -0.495 e. The molecule has 112 valence electrons. The van der Waals surface area contributed by atoms with Crippen molar-refractivity contribution < 1.29 is 9.53 Å². The van der Waals surface area contributed by atoms with Gasteiger partial charge < -0.3 is 15.4 Å². The van der Waals surface area contributed by atoms with Gasteiger partial charge in [0, 0.05) is 11.0 Å². The summed E-state index contributed by atoms with van der Waals surface area (Å²) < 4.78 is 6.22. The quantitative estimate of drug-likeness (QED) is 0.710. The third-order valence-electron chi connectivity index (χ3n) is 3.01. The molecule has 0 heterocycles. The van der Waals surface area contributed by atoms with Gasteiger partial charge in [0.1, 0.15) is 11.8 Å². The number of anilines is 1. The van der Waals surface area contributed by atoms with Gasteiger partial charge in [-0.1, -0.05) is 35.7 Å². The molecule has 0 saturated carbocycles. The molecule has 1 amide bonds. The summed E-state index contributed by atoms with van der Waals surface area (Å²) in [4.78, 5) is 12.0. The van der Waals surface area contributed by atoms with E-state index in [1.807, 2.05) is 25.1 Å². The second kappa shape index (κ2) is 8.84. The zero-order valence-corrected chi connectivity index (χ0v) is 13.9. The molecule has 0 aliphatic rings. The monoisotopic (exact) mass is 342 g/mol. The largest absolute Gasteiger partial charge is 0.495 e. The maximum Gasteiger partial charge on any atom is 0.242 e. The van der Waals surface area contributed by atoms with Crippen LogP contribution in [0.15, 0.2) is 22.7 Å². The SMILES string of the molecule is CCCCCNC(=O)C(C)Nc1cc(Br)ccc1OC. The molecule has 1 unspecified atom stereocenters. The fraction of sp³-hybridized carbons (Fsp3) is 0.533. The number of nitrogens with one attached hydrogen (secondary N) is 2. The van der Waals surface area contributed by atoms with E-state index in [0.717, 1.165) is 41.7 Å². The molecule has 5 heteroatoms. The number of carbonyl (C=O) groups excluding carboxylic acids is 1. The Hall–Kier alpha value is -1.23. The molecule has 0 saturated heterocycles. The molecule has 0 aliphatic heterocycles. The van der Waals surface area contributed by atoms with Crippen molar-refractivity contribution in [2.75, 3.05) is 19.0 Å². The minimum absolute atomic E-state index is 0.00290. The van der Waals surface area contributed by atoms with Gasteiger partial charge in [0.25, 0.3) is 0 Å². The Balaban J connectivity index is 2.54. The number of rotatable bonds is 8. The first-order chi connectivity index (χ1) is 9.58. The molecule has 0 aromatic heterocycles. The summed E-state index contributed by atoms with van der Waals surface area (Å²) >= 11 is 3.42. The van der Waals surface area contributed by atoms with E-state index in [9.17, 15) is 4.79 Å². The van der Waals surface area contributed by atoms with Gasteiger partial charge in [-0.2, -0.15) is 0 Å². The highest BCUT2D eigenvalue weighted by atomic mass is 79.9. The summed E-state index contributed by atoms with van der Waals surface area (Å²) in [5, 5.41) is 6.11. The molecular formula is C15H23BrN2O2. The van der Waals surface area contributed by atoms with E-state index in [4.69, 9.17) is 4.74 Å². The van der Waals surface area contributed by atoms with E-state index in [-0.39, 0.29) is 11.9 Å². The maximum atomic E-state index is 12.0. The average Bonchev–Trinajstić information content (AvgIpc) is 2.43. The predicted octanol–water partition coefficient (Wildman–Crippen LogP) is 3.56. The van der Waals surface area contributed by atoms with Gasteiger partial charge in [0.2, 0.25) is 5.91 Å². The number of ether oxygens (including phenoxy) is 1. The lowest BCUT2D eigenvalue weighted by Gasteiger charge is -2.17. The molecule has 1 atom stereocenters. The van der Waals surface area contributed by atoms with Gasteiger partial charge in [-0.3, -0.25) is 4.79 Å². The van der Waals surface area contributed by atoms with E-state index in [1.165, 1.54) is 0 Å². The van der Waals surface area contributed by atoms with Crippen molar-refractivity contribution in [3.8, 4) is 5.75 Å². The Morgan fingerprint density at radius 1 is 1.40 bits per heavy atom. The van der Waals surface area contributed by atoms with E-state index < -0.39 is 0 Å².